The molecule has 0 amide bonds. The highest BCUT2D eigenvalue weighted by Gasteiger charge is 2.17. The van der Waals surface area contributed by atoms with Crippen molar-refractivity contribution in [1.29, 1.82) is 0 Å². The van der Waals surface area contributed by atoms with Gasteiger partial charge in [-0.05, 0) is 37.5 Å². The van der Waals surface area contributed by atoms with Crippen molar-refractivity contribution in [3.8, 4) is 22.8 Å². The Labute approximate surface area is 190 Å². The third-order valence-electron chi connectivity index (χ3n) is 5.64. The highest BCUT2D eigenvalue weighted by Crippen LogP contribution is 2.33. The maximum absolute atomic E-state index is 14.7. The molecule has 1 atom stereocenters. The first-order valence-electron chi connectivity index (χ1n) is 10.8. The van der Waals surface area contributed by atoms with Gasteiger partial charge in [0.25, 0.3) is 0 Å². The molecule has 5 rings (SSSR count). The number of methoxy groups -OCH3 is 2. The van der Waals surface area contributed by atoms with Crippen molar-refractivity contribution in [1.82, 2.24) is 19.7 Å². The summed E-state index contributed by atoms with van der Waals surface area (Å²) >= 11 is 0. The Morgan fingerprint density at radius 3 is 2.79 bits per heavy atom. The van der Waals surface area contributed by atoms with Crippen LogP contribution in [-0.4, -0.2) is 40.6 Å². The highest BCUT2D eigenvalue weighted by atomic mass is 19.1. The van der Waals surface area contributed by atoms with Crippen LogP contribution < -0.4 is 14.8 Å². The smallest absolute Gasteiger partial charge is 0.188 e. The van der Waals surface area contributed by atoms with Crippen molar-refractivity contribution in [2.24, 2.45) is 0 Å². The first-order valence-corrected chi connectivity index (χ1v) is 10.8. The molecular formula is C24H24FN5O3. The molecule has 0 aliphatic carbocycles. The summed E-state index contributed by atoms with van der Waals surface area (Å²) in [6.07, 6.45) is 8.57. The number of anilines is 2. The zero-order chi connectivity index (χ0) is 22.8. The van der Waals surface area contributed by atoms with Crippen LogP contribution in [0.1, 0.15) is 25.5 Å². The monoisotopic (exact) mass is 449 g/mol. The van der Waals surface area contributed by atoms with E-state index < -0.39 is 5.82 Å². The fourth-order valence-corrected chi connectivity index (χ4v) is 3.87. The zero-order valence-electron chi connectivity index (χ0n) is 18.4. The predicted octanol–water partition coefficient (Wildman–Crippen LogP) is 5.09. The van der Waals surface area contributed by atoms with E-state index in [0.717, 1.165) is 36.9 Å². The lowest BCUT2D eigenvalue weighted by Crippen LogP contribution is -2.18. The van der Waals surface area contributed by atoms with Gasteiger partial charge < -0.3 is 19.5 Å². The molecular weight excluding hydrogens is 425 g/mol. The average molecular weight is 449 g/mol. The minimum Gasteiger partial charge on any atom is -0.497 e. The molecule has 1 aliphatic heterocycles. The van der Waals surface area contributed by atoms with Crippen LogP contribution in [0.15, 0.2) is 48.9 Å². The Balaban J connectivity index is 1.44. The number of ether oxygens (including phenoxy) is 3. The maximum atomic E-state index is 14.7. The molecule has 2 aromatic carbocycles. The molecule has 1 N–H and O–H groups in total. The van der Waals surface area contributed by atoms with Crippen molar-refractivity contribution in [2.45, 2.75) is 25.5 Å². The van der Waals surface area contributed by atoms with E-state index in [1.165, 1.54) is 20.3 Å². The molecule has 33 heavy (non-hydrogen) atoms. The summed E-state index contributed by atoms with van der Waals surface area (Å²) in [6.45, 7) is 0.755. The number of nitrogens with one attached hydrogen (secondary N) is 1. The van der Waals surface area contributed by atoms with Gasteiger partial charge in [-0.3, -0.25) is 4.98 Å². The molecule has 170 valence electrons. The van der Waals surface area contributed by atoms with Crippen LogP contribution in [0.25, 0.3) is 22.3 Å². The number of hydrogen-bond donors (Lipinski definition) is 1. The topological polar surface area (TPSA) is 83.3 Å². The standard InChI is InChI=1S/C24H24FN5O3/c1-31-17-10-20(24(25)22(11-17)32-2)28-16-6-7-18-19(9-16)29-21(13-26-18)15-12-27-30(14-15)23-5-3-4-8-33-23/h6-7,9-14,23,28H,3-5,8H2,1-2H3. The highest BCUT2D eigenvalue weighted by molar-refractivity contribution is 5.82. The maximum Gasteiger partial charge on any atom is 0.188 e. The quantitative estimate of drug-likeness (QED) is 0.439. The summed E-state index contributed by atoms with van der Waals surface area (Å²) in [7, 11) is 2.93. The van der Waals surface area contributed by atoms with E-state index in [-0.39, 0.29) is 17.7 Å². The van der Waals surface area contributed by atoms with Crippen LogP contribution in [0.5, 0.6) is 11.5 Å². The first-order chi connectivity index (χ1) is 16.1. The van der Waals surface area contributed by atoms with Crippen LogP contribution >= 0.6 is 0 Å². The van der Waals surface area contributed by atoms with E-state index in [9.17, 15) is 4.39 Å². The Bertz CT molecular complexity index is 1290. The van der Waals surface area contributed by atoms with Crippen molar-refractivity contribution in [3.63, 3.8) is 0 Å². The molecule has 4 aromatic rings. The molecule has 3 heterocycles. The minimum atomic E-state index is -0.504. The average Bonchev–Trinajstić information content (AvgIpc) is 3.36. The number of hydrogen-bond acceptors (Lipinski definition) is 7. The van der Waals surface area contributed by atoms with E-state index in [1.54, 1.807) is 18.5 Å². The van der Waals surface area contributed by atoms with Gasteiger partial charge in [-0.1, -0.05) is 0 Å². The molecule has 1 fully saturated rings. The van der Waals surface area contributed by atoms with Crippen molar-refractivity contribution in [3.05, 3.63) is 54.7 Å². The van der Waals surface area contributed by atoms with Crippen molar-refractivity contribution < 1.29 is 18.6 Å². The second-order valence-electron chi connectivity index (χ2n) is 7.81. The number of rotatable bonds is 6. The van der Waals surface area contributed by atoms with E-state index in [2.05, 4.69) is 15.4 Å². The normalized spacial score (nSPS) is 16.0. The summed E-state index contributed by atoms with van der Waals surface area (Å²) in [5, 5.41) is 7.54. The summed E-state index contributed by atoms with van der Waals surface area (Å²) in [5.41, 5.74) is 3.87. The van der Waals surface area contributed by atoms with Crippen molar-refractivity contribution in [2.75, 3.05) is 26.1 Å². The van der Waals surface area contributed by atoms with E-state index in [1.807, 2.05) is 29.1 Å². The van der Waals surface area contributed by atoms with Gasteiger partial charge in [0.2, 0.25) is 0 Å². The van der Waals surface area contributed by atoms with Gasteiger partial charge in [0.05, 0.1) is 49.0 Å². The number of benzene rings is 2. The summed E-state index contributed by atoms with van der Waals surface area (Å²) < 4.78 is 32.7. The molecule has 1 aliphatic rings. The molecule has 1 saturated heterocycles. The fourth-order valence-electron chi connectivity index (χ4n) is 3.87. The second kappa shape index (κ2) is 9.03. The summed E-state index contributed by atoms with van der Waals surface area (Å²) in [5.74, 6) is 0.0758. The second-order valence-corrected chi connectivity index (χ2v) is 7.81. The third kappa shape index (κ3) is 4.31. The van der Waals surface area contributed by atoms with Gasteiger partial charge in [0.1, 0.15) is 12.0 Å². The molecule has 1 unspecified atom stereocenters. The van der Waals surface area contributed by atoms with Crippen LogP contribution in [0.2, 0.25) is 0 Å². The molecule has 9 heteroatoms. The summed E-state index contributed by atoms with van der Waals surface area (Å²) in [4.78, 5) is 9.28. The van der Waals surface area contributed by atoms with Gasteiger partial charge in [0.15, 0.2) is 11.6 Å². The van der Waals surface area contributed by atoms with Crippen LogP contribution in [0.4, 0.5) is 15.8 Å². The van der Waals surface area contributed by atoms with Crippen LogP contribution in [0.3, 0.4) is 0 Å². The number of fused-ring (bicyclic) bond motifs is 1. The number of nitrogens with zero attached hydrogens (tertiary/aromatic N) is 4. The Morgan fingerprint density at radius 1 is 1.09 bits per heavy atom. The van der Waals surface area contributed by atoms with Crippen LogP contribution in [0, 0.1) is 5.82 Å². The Hall–Kier alpha value is -3.72. The SMILES string of the molecule is COc1cc(Nc2ccc3ncc(-c4cnn(C5CCCCO5)c4)nc3c2)c(F)c(OC)c1. The molecule has 0 spiro atoms. The predicted molar refractivity (Wildman–Crippen MR) is 122 cm³/mol. The minimum absolute atomic E-state index is 0.0357. The molecule has 0 saturated carbocycles. The van der Waals surface area contributed by atoms with Crippen molar-refractivity contribution >= 4 is 22.4 Å². The van der Waals surface area contributed by atoms with Gasteiger partial charge >= 0.3 is 0 Å². The number of aromatic nitrogens is 4. The van der Waals surface area contributed by atoms with E-state index in [4.69, 9.17) is 19.2 Å². The number of halogens is 1. The van der Waals surface area contributed by atoms with E-state index >= 15 is 0 Å². The lowest BCUT2D eigenvalue weighted by molar-refractivity contribution is -0.0394. The molecule has 0 radical (unpaired) electrons. The van der Waals surface area contributed by atoms with Crippen LogP contribution in [-0.2, 0) is 4.74 Å². The van der Waals surface area contributed by atoms with Gasteiger partial charge in [-0.15, -0.1) is 0 Å². The Kier molecular flexibility index (Phi) is 5.78. The lowest BCUT2D eigenvalue weighted by atomic mass is 10.2. The first kappa shape index (κ1) is 21.1. The molecule has 2 aromatic heterocycles. The largest absolute Gasteiger partial charge is 0.497 e. The van der Waals surface area contributed by atoms with Gasteiger partial charge in [0, 0.05) is 36.2 Å². The zero-order valence-corrected chi connectivity index (χ0v) is 18.4. The third-order valence-corrected chi connectivity index (χ3v) is 5.64. The molecule has 8 nitrogen and oxygen atoms in total. The Morgan fingerprint density at radius 2 is 2.00 bits per heavy atom. The van der Waals surface area contributed by atoms with Gasteiger partial charge in [-0.25, -0.2) is 14.1 Å². The fraction of sp³-hybridized carbons (Fsp3) is 0.292. The summed E-state index contributed by atoms with van der Waals surface area (Å²) in [6, 6.07) is 8.55. The van der Waals surface area contributed by atoms with E-state index in [0.29, 0.717) is 22.6 Å². The van der Waals surface area contributed by atoms with Gasteiger partial charge in [-0.2, -0.15) is 5.10 Å². The lowest BCUT2D eigenvalue weighted by Gasteiger charge is -2.22. The molecule has 0 bridgehead atoms.